The minimum Gasteiger partial charge on any atom is -0.354 e. The van der Waals surface area contributed by atoms with E-state index in [2.05, 4.69) is 42.6 Å². The molecule has 0 N–H and O–H groups in total. The molecule has 3 aromatic rings. The first-order valence-corrected chi connectivity index (χ1v) is 7.34. The Labute approximate surface area is 123 Å². The van der Waals surface area contributed by atoms with Gasteiger partial charge in [-0.15, -0.1) is 0 Å². The van der Waals surface area contributed by atoms with Crippen LogP contribution >= 0.6 is 0 Å². The molecule has 5 nitrogen and oxygen atoms in total. The van der Waals surface area contributed by atoms with Crippen molar-refractivity contribution in [3.63, 3.8) is 0 Å². The minimum absolute atomic E-state index is 0.457. The van der Waals surface area contributed by atoms with Gasteiger partial charge in [-0.25, -0.2) is 15.0 Å². The highest BCUT2D eigenvalue weighted by atomic mass is 15.2. The second-order valence-electron chi connectivity index (χ2n) is 5.47. The molecule has 1 aliphatic rings. The number of nitrogens with zero attached hydrogens (tertiary/aromatic N) is 5. The second kappa shape index (κ2) is 5.16. The fraction of sp³-hybridized carbons (Fsp3) is 0.312. The molecule has 1 saturated heterocycles. The third-order valence-electron chi connectivity index (χ3n) is 4.18. The zero-order chi connectivity index (χ0) is 14.1. The number of anilines is 1. The van der Waals surface area contributed by atoms with E-state index in [-0.39, 0.29) is 0 Å². The van der Waals surface area contributed by atoms with Crippen LogP contribution in [0.25, 0.3) is 5.52 Å². The van der Waals surface area contributed by atoms with Crippen LogP contribution < -0.4 is 4.90 Å². The van der Waals surface area contributed by atoms with E-state index in [9.17, 15) is 0 Å². The smallest absolute Gasteiger partial charge is 0.152 e. The Morgan fingerprint density at radius 2 is 2.10 bits per heavy atom. The molecule has 0 aromatic carbocycles. The summed E-state index contributed by atoms with van der Waals surface area (Å²) in [4.78, 5) is 15.4. The summed E-state index contributed by atoms with van der Waals surface area (Å²) >= 11 is 0. The number of hydrogen-bond acceptors (Lipinski definition) is 4. The fourth-order valence-electron chi connectivity index (χ4n) is 3.15. The lowest BCUT2D eigenvalue weighted by molar-refractivity contribution is 0.498. The standard InChI is InChI=1S/C16H17N5/c1-3-13(14-5-6-17-12-19-14)11-21(9-1)16-15-4-2-8-20(15)10-7-18-16/h2,4-8,10,12-13H,1,3,9,11H2/t13-/m0/s1. The maximum absolute atomic E-state index is 4.60. The highest BCUT2D eigenvalue weighted by Crippen LogP contribution is 2.29. The lowest BCUT2D eigenvalue weighted by Crippen LogP contribution is -2.35. The third-order valence-corrected chi connectivity index (χ3v) is 4.18. The summed E-state index contributed by atoms with van der Waals surface area (Å²) in [5.41, 5.74) is 2.30. The maximum Gasteiger partial charge on any atom is 0.152 e. The normalized spacial score (nSPS) is 19.0. The Balaban J connectivity index is 1.65. The van der Waals surface area contributed by atoms with E-state index >= 15 is 0 Å². The van der Waals surface area contributed by atoms with Gasteiger partial charge in [-0.05, 0) is 31.0 Å². The first kappa shape index (κ1) is 12.3. The van der Waals surface area contributed by atoms with Gasteiger partial charge in [0.25, 0.3) is 0 Å². The number of rotatable bonds is 2. The monoisotopic (exact) mass is 279 g/mol. The van der Waals surface area contributed by atoms with Crippen LogP contribution in [0.2, 0.25) is 0 Å². The van der Waals surface area contributed by atoms with Crippen LogP contribution in [0.4, 0.5) is 5.82 Å². The van der Waals surface area contributed by atoms with Crippen LogP contribution in [-0.4, -0.2) is 32.4 Å². The van der Waals surface area contributed by atoms with Crippen LogP contribution in [0, 0.1) is 0 Å². The van der Waals surface area contributed by atoms with E-state index in [4.69, 9.17) is 0 Å². The van der Waals surface area contributed by atoms with Crippen LogP contribution in [0.5, 0.6) is 0 Å². The summed E-state index contributed by atoms with van der Waals surface area (Å²) in [7, 11) is 0. The topological polar surface area (TPSA) is 46.3 Å². The van der Waals surface area contributed by atoms with E-state index in [1.54, 1.807) is 6.33 Å². The molecule has 0 radical (unpaired) electrons. The van der Waals surface area contributed by atoms with Crippen LogP contribution in [0.1, 0.15) is 24.5 Å². The summed E-state index contributed by atoms with van der Waals surface area (Å²) in [6, 6.07) is 6.21. The first-order valence-electron chi connectivity index (χ1n) is 7.34. The van der Waals surface area contributed by atoms with E-state index in [1.165, 1.54) is 11.9 Å². The maximum atomic E-state index is 4.60. The molecule has 106 valence electrons. The lowest BCUT2D eigenvalue weighted by Gasteiger charge is -2.33. The Bertz CT molecular complexity index is 737. The zero-order valence-electron chi connectivity index (χ0n) is 11.8. The summed E-state index contributed by atoms with van der Waals surface area (Å²) in [5.74, 6) is 1.53. The fourth-order valence-corrected chi connectivity index (χ4v) is 3.15. The van der Waals surface area contributed by atoms with Crippen molar-refractivity contribution in [1.29, 1.82) is 0 Å². The SMILES string of the molecule is c1cc2c(N3CCC[C@H](c4ccncn4)C3)nccn2c1. The zero-order valence-corrected chi connectivity index (χ0v) is 11.8. The van der Waals surface area contributed by atoms with Gasteiger partial charge in [0.05, 0.1) is 5.52 Å². The van der Waals surface area contributed by atoms with Crippen molar-refractivity contribution >= 4 is 11.3 Å². The van der Waals surface area contributed by atoms with Gasteiger partial charge in [-0.3, -0.25) is 0 Å². The number of aromatic nitrogens is 4. The molecule has 21 heavy (non-hydrogen) atoms. The van der Waals surface area contributed by atoms with Crippen LogP contribution in [0.3, 0.4) is 0 Å². The van der Waals surface area contributed by atoms with Crippen LogP contribution in [-0.2, 0) is 0 Å². The van der Waals surface area contributed by atoms with Crippen molar-refractivity contribution in [1.82, 2.24) is 19.4 Å². The first-order chi connectivity index (χ1) is 10.4. The van der Waals surface area contributed by atoms with Crippen molar-refractivity contribution in [2.24, 2.45) is 0 Å². The van der Waals surface area contributed by atoms with Gasteiger partial charge in [-0.1, -0.05) is 0 Å². The number of hydrogen-bond donors (Lipinski definition) is 0. The van der Waals surface area contributed by atoms with E-state index < -0.39 is 0 Å². The summed E-state index contributed by atoms with van der Waals surface area (Å²) in [5, 5.41) is 0. The predicted octanol–water partition coefficient (Wildman–Crippen LogP) is 2.51. The molecule has 5 heteroatoms. The molecule has 0 aliphatic carbocycles. The second-order valence-corrected chi connectivity index (χ2v) is 5.47. The average molecular weight is 279 g/mol. The molecule has 4 heterocycles. The molecule has 0 bridgehead atoms. The molecular weight excluding hydrogens is 262 g/mol. The van der Waals surface area contributed by atoms with E-state index in [0.717, 1.165) is 31.0 Å². The number of piperidine rings is 1. The summed E-state index contributed by atoms with van der Waals surface area (Å²) in [6.45, 7) is 2.02. The summed E-state index contributed by atoms with van der Waals surface area (Å²) < 4.78 is 2.12. The molecule has 0 spiro atoms. The molecule has 0 unspecified atom stereocenters. The van der Waals surface area contributed by atoms with Crippen molar-refractivity contribution in [2.75, 3.05) is 18.0 Å². The molecule has 0 saturated carbocycles. The van der Waals surface area contributed by atoms with Crippen molar-refractivity contribution < 1.29 is 0 Å². The van der Waals surface area contributed by atoms with Gasteiger partial charge in [0.2, 0.25) is 0 Å². The Kier molecular flexibility index (Phi) is 3.03. The predicted molar refractivity (Wildman–Crippen MR) is 81.4 cm³/mol. The van der Waals surface area contributed by atoms with Crippen molar-refractivity contribution in [3.05, 3.63) is 55.0 Å². The Morgan fingerprint density at radius 3 is 3.00 bits per heavy atom. The Hall–Kier alpha value is -2.43. The molecule has 0 amide bonds. The van der Waals surface area contributed by atoms with Gasteiger partial charge in [0.1, 0.15) is 6.33 Å². The van der Waals surface area contributed by atoms with Crippen LogP contribution in [0.15, 0.2) is 49.3 Å². The molecular formula is C16H17N5. The number of fused-ring (bicyclic) bond motifs is 1. The molecule has 3 aromatic heterocycles. The summed E-state index contributed by atoms with van der Waals surface area (Å²) in [6.07, 6.45) is 11.7. The molecule has 1 aliphatic heterocycles. The van der Waals surface area contributed by atoms with Gasteiger partial charge >= 0.3 is 0 Å². The highest BCUT2D eigenvalue weighted by Gasteiger charge is 2.24. The lowest BCUT2D eigenvalue weighted by atomic mass is 9.94. The minimum atomic E-state index is 0.457. The van der Waals surface area contributed by atoms with Gasteiger partial charge in [0.15, 0.2) is 5.82 Å². The molecule has 1 atom stereocenters. The van der Waals surface area contributed by atoms with Crippen molar-refractivity contribution in [3.8, 4) is 0 Å². The van der Waals surface area contributed by atoms with E-state index in [0.29, 0.717) is 5.92 Å². The highest BCUT2D eigenvalue weighted by molar-refractivity contribution is 5.69. The van der Waals surface area contributed by atoms with Crippen molar-refractivity contribution in [2.45, 2.75) is 18.8 Å². The largest absolute Gasteiger partial charge is 0.354 e. The molecule has 1 fully saturated rings. The Morgan fingerprint density at radius 1 is 1.10 bits per heavy atom. The van der Waals surface area contributed by atoms with Gasteiger partial charge < -0.3 is 9.30 Å². The molecule has 4 rings (SSSR count). The average Bonchev–Trinajstić information content (AvgIpc) is 3.04. The third kappa shape index (κ3) is 2.24. The van der Waals surface area contributed by atoms with Gasteiger partial charge in [-0.2, -0.15) is 0 Å². The quantitative estimate of drug-likeness (QED) is 0.723. The van der Waals surface area contributed by atoms with Gasteiger partial charge in [0, 0.05) is 49.5 Å². The van der Waals surface area contributed by atoms with E-state index in [1.807, 2.05) is 24.7 Å².